The van der Waals surface area contributed by atoms with E-state index in [1.165, 1.54) is 5.56 Å². The Morgan fingerprint density at radius 3 is 2.68 bits per heavy atom. The van der Waals surface area contributed by atoms with Crippen LogP contribution >= 0.6 is 27.5 Å². The van der Waals surface area contributed by atoms with Gasteiger partial charge in [-0.1, -0.05) is 54.1 Å². The Hall–Kier alpha value is -1.25. The number of nitrogens with one attached hydrogen (secondary N) is 1. The van der Waals surface area contributed by atoms with Gasteiger partial charge in [-0.2, -0.15) is 0 Å². The van der Waals surface area contributed by atoms with Gasteiger partial charge in [-0.15, -0.1) is 0 Å². The molecule has 0 atom stereocenters. The molecule has 0 aliphatic carbocycles. The Morgan fingerprint density at radius 2 is 1.95 bits per heavy atom. The van der Waals surface area contributed by atoms with Crippen molar-refractivity contribution in [3.63, 3.8) is 0 Å². The zero-order valence-corrected chi connectivity index (χ0v) is 13.0. The molecular formula is C16H15BrClN. The quantitative estimate of drug-likeness (QED) is 0.773. The van der Waals surface area contributed by atoms with Crippen molar-refractivity contribution in [3.8, 4) is 0 Å². The van der Waals surface area contributed by atoms with Gasteiger partial charge >= 0.3 is 0 Å². The molecule has 2 rings (SSSR count). The molecule has 0 radical (unpaired) electrons. The standard InChI is InChI=1S/C16H15BrClN/c1-12-10-14(17)16(11-15(12)18)19-9-5-8-13-6-3-2-4-7-13/h2-8,10-11,19H,9H2,1H3/b8-5+. The van der Waals surface area contributed by atoms with E-state index >= 15 is 0 Å². The van der Waals surface area contributed by atoms with E-state index in [1.807, 2.05) is 37.3 Å². The summed E-state index contributed by atoms with van der Waals surface area (Å²) in [6.07, 6.45) is 4.19. The third-order valence-electron chi connectivity index (χ3n) is 2.77. The van der Waals surface area contributed by atoms with Gasteiger partial charge in [0.1, 0.15) is 0 Å². The Bertz CT molecular complexity index is 579. The third kappa shape index (κ3) is 4.12. The van der Waals surface area contributed by atoms with Crippen LogP contribution in [0.5, 0.6) is 0 Å². The summed E-state index contributed by atoms with van der Waals surface area (Å²) in [4.78, 5) is 0. The van der Waals surface area contributed by atoms with Crippen molar-refractivity contribution in [3.05, 3.63) is 69.2 Å². The van der Waals surface area contributed by atoms with E-state index in [0.29, 0.717) is 0 Å². The molecule has 0 heterocycles. The molecule has 2 aromatic rings. The lowest BCUT2D eigenvalue weighted by Gasteiger charge is -2.08. The van der Waals surface area contributed by atoms with Crippen LogP contribution in [0.2, 0.25) is 5.02 Å². The monoisotopic (exact) mass is 335 g/mol. The molecule has 0 bridgehead atoms. The van der Waals surface area contributed by atoms with Gasteiger partial charge in [0.25, 0.3) is 0 Å². The first-order valence-electron chi connectivity index (χ1n) is 6.08. The van der Waals surface area contributed by atoms with E-state index in [2.05, 4.69) is 45.5 Å². The van der Waals surface area contributed by atoms with Crippen LogP contribution < -0.4 is 5.32 Å². The fourth-order valence-electron chi connectivity index (χ4n) is 1.71. The average Bonchev–Trinajstić information content (AvgIpc) is 2.41. The lowest BCUT2D eigenvalue weighted by Crippen LogP contribution is -1.99. The predicted molar refractivity (Wildman–Crippen MR) is 87.9 cm³/mol. The minimum absolute atomic E-state index is 0.757. The Balaban J connectivity index is 1.96. The smallest absolute Gasteiger partial charge is 0.0502 e. The zero-order valence-electron chi connectivity index (χ0n) is 10.7. The van der Waals surface area contributed by atoms with Gasteiger partial charge in [-0.25, -0.2) is 0 Å². The van der Waals surface area contributed by atoms with Crippen molar-refractivity contribution >= 4 is 39.3 Å². The molecule has 0 unspecified atom stereocenters. The molecule has 1 nitrogen and oxygen atoms in total. The molecular weight excluding hydrogens is 322 g/mol. The van der Waals surface area contributed by atoms with E-state index in [-0.39, 0.29) is 0 Å². The summed E-state index contributed by atoms with van der Waals surface area (Å²) in [5.74, 6) is 0. The van der Waals surface area contributed by atoms with Gasteiger partial charge in [0.2, 0.25) is 0 Å². The Labute approximate surface area is 127 Å². The minimum Gasteiger partial charge on any atom is -0.381 e. The van der Waals surface area contributed by atoms with Crippen LogP contribution in [0.25, 0.3) is 6.08 Å². The molecule has 2 aromatic carbocycles. The number of benzene rings is 2. The first-order valence-corrected chi connectivity index (χ1v) is 7.25. The molecule has 98 valence electrons. The number of hydrogen-bond donors (Lipinski definition) is 1. The Morgan fingerprint density at radius 1 is 1.21 bits per heavy atom. The predicted octanol–water partition coefficient (Wildman–Crippen LogP) is 5.54. The van der Waals surface area contributed by atoms with Gasteiger partial charge in [0, 0.05) is 16.0 Å². The Kier molecular flexibility index (Phi) is 5.06. The van der Waals surface area contributed by atoms with E-state index < -0.39 is 0 Å². The van der Waals surface area contributed by atoms with Crippen molar-refractivity contribution in [1.29, 1.82) is 0 Å². The minimum atomic E-state index is 0.757. The van der Waals surface area contributed by atoms with Crippen LogP contribution in [0.4, 0.5) is 5.69 Å². The average molecular weight is 337 g/mol. The maximum absolute atomic E-state index is 6.12. The molecule has 0 aromatic heterocycles. The molecule has 0 aliphatic rings. The first-order chi connectivity index (χ1) is 9.16. The second kappa shape index (κ2) is 6.78. The van der Waals surface area contributed by atoms with Crippen molar-refractivity contribution in [2.75, 3.05) is 11.9 Å². The van der Waals surface area contributed by atoms with Gasteiger partial charge < -0.3 is 5.32 Å². The van der Waals surface area contributed by atoms with Crippen LogP contribution in [0.15, 0.2) is 53.0 Å². The van der Waals surface area contributed by atoms with Gasteiger partial charge in [0.05, 0.1) is 5.69 Å². The van der Waals surface area contributed by atoms with Crippen molar-refractivity contribution in [1.82, 2.24) is 0 Å². The fraction of sp³-hybridized carbons (Fsp3) is 0.125. The van der Waals surface area contributed by atoms with Crippen molar-refractivity contribution in [2.45, 2.75) is 6.92 Å². The van der Waals surface area contributed by atoms with Gasteiger partial charge in [0.15, 0.2) is 0 Å². The molecule has 0 spiro atoms. The molecule has 1 N–H and O–H groups in total. The molecule has 3 heteroatoms. The highest BCUT2D eigenvalue weighted by Gasteiger charge is 2.02. The van der Waals surface area contributed by atoms with E-state index in [1.54, 1.807) is 0 Å². The molecule has 0 amide bonds. The zero-order chi connectivity index (χ0) is 13.7. The van der Waals surface area contributed by atoms with Gasteiger partial charge in [-0.05, 0) is 46.1 Å². The van der Waals surface area contributed by atoms with E-state index in [4.69, 9.17) is 11.6 Å². The van der Waals surface area contributed by atoms with Gasteiger partial charge in [-0.3, -0.25) is 0 Å². The van der Waals surface area contributed by atoms with Crippen LogP contribution in [-0.2, 0) is 0 Å². The lowest BCUT2D eigenvalue weighted by molar-refractivity contribution is 1.32. The topological polar surface area (TPSA) is 12.0 Å². The van der Waals surface area contributed by atoms with Crippen molar-refractivity contribution in [2.24, 2.45) is 0 Å². The summed E-state index contributed by atoms with van der Waals surface area (Å²) >= 11 is 9.65. The summed E-state index contributed by atoms with van der Waals surface area (Å²) in [7, 11) is 0. The molecule has 0 fully saturated rings. The summed E-state index contributed by atoms with van der Waals surface area (Å²) < 4.78 is 1.03. The highest BCUT2D eigenvalue weighted by molar-refractivity contribution is 9.10. The summed E-state index contributed by atoms with van der Waals surface area (Å²) in [6, 6.07) is 14.2. The van der Waals surface area contributed by atoms with E-state index in [0.717, 1.165) is 27.3 Å². The maximum Gasteiger partial charge on any atom is 0.0502 e. The SMILES string of the molecule is Cc1cc(Br)c(NC/C=C/c2ccccc2)cc1Cl. The number of halogens is 2. The van der Waals surface area contributed by atoms with Crippen LogP contribution in [0.1, 0.15) is 11.1 Å². The summed E-state index contributed by atoms with van der Waals surface area (Å²) in [6.45, 7) is 2.75. The second-order valence-electron chi connectivity index (χ2n) is 4.28. The second-order valence-corrected chi connectivity index (χ2v) is 5.54. The molecule has 0 saturated heterocycles. The maximum atomic E-state index is 6.12. The van der Waals surface area contributed by atoms with Crippen LogP contribution in [0, 0.1) is 6.92 Å². The third-order valence-corrected chi connectivity index (χ3v) is 3.83. The molecule has 0 saturated carbocycles. The number of aryl methyl sites for hydroxylation is 1. The number of anilines is 1. The lowest BCUT2D eigenvalue weighted by atomic mass is 10.2. The first kappa shape index (κ1) is 14.2. The van der Waals surface area contributed by atoms with E-state index in [9.17, 15) is 0 Å². The summed E-state index contributed by atoms with van der Waals surface area (Å²) in [5, 5.41) is 4.11. The number of rotatable bonds is 4. The molecule has 19 heavy (non-hydrogen) atoms. The number of hydrogen-bond acceptors (Lipinski definition) is 1. The highest BCUT2D eigenvalue weighted by Crippen LogP contribution is 2.28. The normalized spacial score (nSPS) is 10.9. The largest absolute Gasteiger partial charge is 0.381 e. The fourth-order valence-corrected chi connectivity index (χ4v) is 2.47. The summed E-state index contributed by atoms with van der Waals surface area (Å²) in [5.41, 5.74) is 3.28. The van der Waals surface area contributed by atoms with Crippen molar-refractivity contribution < 1.29 is 0 Å². The highest BCUT2D eigenvalue weighted by atomic mass is 79.9. The molecule has 0 aliphatic heterocycles. The van der Waals surface area contributed by atoms with Crippen LogP contribution in [0.3, 0.4) is 0 Å². The van der Waals surface area contributed by atoms with Crippen LogP contribution in [-0.4, -0.2) is 6.54 Å².